The minimum absolute atomic E-state index is 0.204. The Morgan fingerprint density at radius 3 is 2.65 bits per heavy atom. The lowest BCUT2D eigenvalue weighted by Crippen LogP contribution is -2.26. The molecule has 108 valence electrons. The monoisotopic (exact) mass is 292 g/mol. The molecule has 0 aliphatic rings. The second-order valence-electron chi connectivity index (χ2n) is 5.15. The van der Waals surface area contributed by atoms with Gasteiger partial charge in [0.2, 0.25) is 0 Å². The van der Waals surface area contributed by atoms with Gasteiger partial charge in [-0.15, -0.1) is 0 Å². The van der Waals surface area contributed by atoms with Crippen LogP contribution in [0.25, 0.3) is 0 Å². The van der Waals surface area contributed by atoms with Crippen LogP contribution in [0.2, 0.25) is 5.02 Å². The second kappa shape index (κ2) is 6.86. The minimum atomic E-state index is 0.204. The van der Waals surface area contributed by atoms with Crippen molar-refractivity contribution in [3.05, 3.63) is 46.7 Å². The normalized spacial score (nSPS) is 12.8. The summed E-state index contributed by atoms with van der Waals surface area (Å²) in [7, 11) is 0. The Morgan fingerprint density at radius 2 is 2.05 bits per heavy atom. The predicted octanol–water partition coefficient (Wildman–Crippen LogP) is 3.44. The molecule has 20 heavy (non-hydrogen) atoms. The third kappa shape index (κ3) is 3.58. The van der Waals surface area contributed by atoms with Crippen molar-refractivity contribution in [1.29, 1.82) is 0 Å². The Hall–Kier alpha value is -1.39. The van der Waals surface area contributed by atoms with E-state index in [0.717, 1.165) is 22.8 Å². The molecule has 0 saturated heterocycles. The van der Waals surface area contributed by atoms with Crippen molar-refractivity contribution in [2.75, 3.05) is 0 Å². The average molecular weight is 293 g/mol. The SMILES string of the molecule is CCn1ncc(CNC(c2ccccc2Cl)C(C)C)n1. The summed E-state index contributed by atoms with van der Waals surface area (Å²) >= 11 is 6.30. The fourth-order valence-corrected chi connectivity index (χ4v) is 2.47. The average Bonchev–Trinajstić information content (AvgIpc) is 2.88. The number of halogens is 1. The van der Waals surface area contributed by atoms with E-state index in [9.17, 15) is 0 Å². The van der Waals surface area contributed by atoms with Gasteiger partial charge in [-0.25, -0.2) is 0 Å². The van der Waals surface area contributed by atoms with E-state index in [1.807, 2.05) is 25.1 Å². The van der Waals surface area contributed by atoms with Gasteiger partial charge in [-0.1, -0.05) is 43.6 Å². The zero-order chi connectivity index (χ0) is 14.5. The summed E-state index contributed by atoms with van der Waals surface area (Å²) in [4.78, 5) is 1.69. The number of hydrogen-bond donors (Lipinski definition) is 1. The largest absolute Gasteiger partial charge is 0.304 e. The Kier molecular flexibility index (Phi) is 5.15. The van der Waals surface area contributed by atoms with Crippen LogP contribution < -0.4 is 5.32 Å². The topological polar surface area (TPSA) is 42.7 Å². The molecule has 1 aromatic heterocycles. The van der Waals surface area contributed by atoms with Crippen LogP contribution >= 0.6 is 11.6 Å². The van der Waals surface area contributed by atoms with E-state index < -0.39 is 0 Å². The third-order valence-electron chi connectivity index (χ3n) is 3.28. The van der Waals surface area contributed by atoms with Gasteiger partial charge in [-0.2, -0.15) is 15.0 Å². The van der Waals surface area contributed by atoms with Gasteiger partial charge in [-0.3, -0.25) is 0 Å². The van der Waals surface area contributed by atoms with Gasteiger partial charge >= 0.3 is 0 Å². The molecule has 5 heteroatoms. The maximum atomic E-state index is 6.30. The summed E-state index contributed by atoms with van der Waals surface area (Å²) in [6.45, 7) is 7.87. The lowest BCUT2D eigenvalue weighted by atomic mass is 9.96. The third-order valence-corrected chi connectivity index (χ3v) is 3.62. The molecule has 1 atom stereocenters. The smallest absolute Gasteiger partial charge is 0.0965 e. The van der Waals surface area contributed by atoms with Crippen LogP contribution in [0.1, 0.15) is 38.1 Å². The van der Waals surface area contributed by atoms with Gasteiger partial charge in [0.25, 0.3) is 0 Å². The Bertz CT molecular complexity index is 550. The van der Waals surface area contributed by atoms with Crippen molar-refractivity contribution in [2.24, 2.45) is 5.92 Å². The molecule has 0 radical (unpaired) electrons. The highest BCUT2D eigenvalue weighted by molar-refractivity contribution is 6.31. The summed E-state index contributed by atoms with van der Waals surface area (Å²) in [6.07, 6.45) is 1.81. The number of nitrogens with one attached hydrogen (secondary N) is 1. The Labute approximate surface area is 125 Å². The maximum absolute atomic E-state index is 6.30. The lowest BCUT2D eigenvalue weighted by Gasteiger charge is -2.23. The number of nitrogens with zero attached hydrogens (tertiary/aromatic N) is 3. The van der Waals surface area contributed by atoms with Crippen molar-refractivity contribution in [1.82, 2.24) is 20.3 Å². The van der Waals surface area contributed by atoms with Crippen LogP contribution in [-0.4, -0.2) is 15.0 Å². The van der Waals surface area contributed by atoms with Crippen LogP contribution in [0.3, 0.4) is 0 Å². The zero-order valence-electron chi connectivity index (χ0n) is 12.2. The van der Waals surface area contributed by atoms with Crippen molar-refractivity contribution >= 4 is 11.6 Å². The molecule has 0 bridgehead atoms. The first-order valence-electron chi connectivity index (χ1n) is 6.98. The summed E-state index contributed by atoms with van der Waals surface area (Å²) < 4.78 is 0. The molecule has 1 N–H and O–H groups in total. The first kappa shape index (κ1) is 15.0. The van der Waals surface area contributed by atoms with Gasteiger partial charge in [0.1, 0.15) is 0 Å². The van der Waals surface area contributed by atoms with Crippen LogP contribution in [-0.2, 0) is 13.1 Å². The fraction of sp³-hybridized carbons (Fsp3) is 0.467. The highest BCUT2D eigenvalue weighted by atomic mass is 35.5. The van der Waals surface area contributed by atoms with E-state index in [0.29, 0.717) is 12.5 Å². The van der Waals surface area contributed by atoms with Crippen LogP contribution in [0, 0.1) is 5.92 Å². The molecule has 1 heterocycles. The van der Waals surface area contributed by atoms with Gasteiger partial charge in [0.05, 0.1) is 18.4 Å². The van der Waals surface area contributed by atoms with E-state index in [2.05, 4.69) is 35.4 Å². The first-order chi connectivity index (χ1) is 9.61. The van der Waals surface area contributed by atoms with Crippen LogP contribution in [0.15, 0.2) is 30.5 Å². The summed E-state index contributed by atoms with van der Waals surface area (Å²) in [5, 5.41) is 12.9. The van der Waals surface area contributed by atoms with E-state index in [1.165, 1.54) is 0 Å². The van der Waals surface area contributed by atoms with E-state index >= 15 is 0 Å². The Morgan fingerprint density at radius 1 is 1.30 bits per heavy atom. The van der Waals surface area contributed by atoms with Crippen molar-refractivity contribution in [2.45, 2.75) is 39.9 Å². The lowest BCUT2D eigenvalue weighted by molar-refractivity contribution is 0.407. The molecule has 1 aromatic carbocycles. The molecule has 4 nitrogen and oxygen atoms in total. The van der Waals surface area contributed by atoms with Crippen LogP contribution in [0.4, 0.5) is 0 Å². The van der Waals surface area contributed by atoms with E-state index in [1.54, 1.807) is 11.0 Å². The molecule has 1 unspecified atom stereocenters. The molecular weight excluding hydrogens is 272 g/mol. The maximum Gasteiger partial charge on any atom is 0.0965 e. The quantitative estimate of drug-likeness (QED) is 0.887. The first-order valence-corrected chi connectivity index (χ1v) is 7.36. The highest BCUT2D eigenvalue weighted by Crippen LogP contribution is 2.28. The molecule has 2 aromatic rings. The second-order valence-corrected chi connectivity index (χ2v) is 5.56. The summed E-state index contributed by atoms with van der Waals surface area (Å²) in [5.74, 6) is 0.441. The molecule has 2 rings (SSSR count). The highest BCUT2D eigenvalue weighted by Gasteiger charge is 2.18. The fourth-order valence-electron chi connectivity index (χ4n) is 2.21. The predicted molar refractivity (Wildman–Crippen MR) is 81.6 cm³/mol. The van der Waals surface area contributed by atoms with E-state index in [4.69, 9.17) is 11.6 Å². The number of benzene rings is 1. The van der Waals surface area contributed by atoms with Gasteiger partial charge in [0, 0.05) is 17.6 Å². The van der Waals surface area contributed by atoms with Crippen molar-refractivity contribution in [3.63, 3.8) is 0 Å². The summed E-state index contributed by atoms with van der Waals surface area (Å²) in [5.41, 5.74) is 2.08. The number of aryl methyl sites for hydroxylation is 1. The van der Waals surface area contributed by atoms with Crippen molar-refractivity contribution < 1.29 is 0 Å². The standard InChI is InChI=1S/C15H21ClN4/c1-4-20-18-10-12(19-20)9-17-15(11(2)3)13-7-5-6-8-14(13)16/h5-8,10-11,15,17H,4,9H2,1-3H3. The molecule has 0 spiro atoms. The molecule has 0 saturated carbocycles. The number of aromatic nitrogens is 3. The summed E-state index contributed by atoms with van der Waals surface area (Å²) in [6, 6.07) is 8.18. The van der Waals surface area contributed by atoms with Gasteiger partial charge in [0.15, 0.2) is 0 Å². The van der Waals surface area contributed by atoms with Crippen LogP contribution in [0.5, 0.6) is 0 Å². The zero-order valence-corrected chi connectivity index (χ0v) is 12.9. The number of rotatable bonds is 6. The van der Waals surface area contributed by atoms with Gasteiger partial charge in [-0.05, 0) is 24.5 Å². The molecule has 0 fully saturated rings. The molecular formula is C15H21ClN4. The number of hydrogen-bond acceptors (Lipinski definition) is 3. The van der Waals surface area contributed by atoms with Gasteiger partial charge < -0.3 is 5.32 Å². The minimum Gasteiger partial charge on any atom is -0.304 e. The van der Waals surface area contributed by atoms with E-state index in [-0.39, 0.29) is 6.04 Å². The Balaban J connectivity index is 2.08. The molecule has 0 amide bonds. The van der Waals surface area contributed by atoms with Crippen molar-refractivity contribution in [3.8, 4) is 0 Å². The molecule has 0 aliphatic carbocycles. The molecule has 0 aliphatic heterocycles.